The summed E-state index contributed by atoms with van der Waals surface area (Å²) >= 11 is 0. The summed E-state index contributed by atoms with van der Waals surface area (Å²) in [6.45, 7) is 2.51. The van der Waals surface area contributed by atoms with Crippen molar-refractivity contribution < 1.29 is 4.79 Å². The molecule has 0 spiro atoms. The van der Waals surface area contributed by atoms with E-state index in [1.807, 2.05) is 37.3 Å². The quantitative estimate of drug-likeness (QED) is 0.812. The lowest BCUT2D eigenvalue weighted by molar-refractivity contribution is -0.122. The van der Waals surface area contributed by atoms with Gasteiger partial charge in [-0.3, -0.25) is 4.79 Å². The Kier molecular flexibility index (Phi) is 6.75. The van der Waals surface area contributed by atoms with Gasteiger partial charge < -0.3 is 11.1 Å². The predicted molar refractivity (Wildman–Crippen MR) is 64.1 cm³/mol. The lowest BCUT2D eigenvalue weighted by Crippen LogP contribution is -2.41. The molecule has 0 fully saturated rings. The van der Waals surface area contributed by atoms with Crippen LogP contribution in [0.1, 0.15) is 12.5 Å². The Morgan fingerprint density at radius 2 is 2.00 bits per heavy atom. The highest BCUT2D eigenvalue weighted by atomic mass is 35.5. The second-order valence-electron chi connectivity index (χ2n) is 3.19. The fourth-order valence-corrected chi connectivity index (χ4v) is 1.27. The SMILES string of the molecule is CCNC(=O)[C@@H](N)Cc1ccccc1.Cl. The van der Waals surface area contributed by atoms with Crippen molar-refractivity contribution in [2.24, 2.45) is 5.73 Å². The van der Waals surface area contributed by atoms with Crippen molar-refractivity contribution >= 4 is 18.3 Å². The highest BCUT2D eigenvalue weighted by Gasteiger charge is 2.12. The smallest absolute Gasteiger partial charge is 0.237 e. The van der Waals surface area contributed by atoms with Crippen LogP contribution in [0, 0.1) is 0 Å². The second-order valence-corrected chi connectivity index (χ2v) is 3.19. The summed E-state index contributed by atoms with van der Waals surface area (Å²) in [5.41, 5.74) is 6.81. The molecule has 1 atom stereocenters. The van der Waals surface area contributed by atoms with Crippen LogP contribution in [0.3, 0.4) is 0 Å². The molecule has 0 aromatic heterocycles. The molecule has 15 heavy (non-hydrogen) atoms. The van der Waals surface area contributed by atoms with Gasteiger partial charge >= 0.3 is 0 Å². The third-order valence-electron chi connectivity index (χ3n) is 1.99. The molecule has 0 saturated heterocycles. The minimum Gasteiger partial charge on any atom is -0.355 e. The molecule has 0 saturated carbocycles. The van der Waals surface area contributed by atoms with Crippen LogP contribution < -0.4 is 11.1 Å². The van der Waals surface area contributed by atoms with Crippen molar-refractivity contribution in [3.05, 3.63) is 35.9 Å². The topological polar surface area (TPSA) is 55.1 Å². The number of halogens is 1. The molecule has 3 nitrogen and oxygen atoms in total. The monoisotopic (exact) mass is 228 g/mol. The first-order valence-electron chi connectivity index (χ1n) is 4.81. The van der Waals surface area contributed by atoms with E-state index in [-0.39, 0.29) is 18.3 Å². The Morgan fingerprint density at radius 3 is 2.53 bits per heavy atom. The minimum absolute atomic E-state index is 0. The van der Waals surface area contributed by atoms with Crippen molar-refractivity contribution in [3.63, 3.8) is 0 Å². The summed E-state index contributed by atoms with van der Waals surface area (Å²) in [5.74, 6) is -0.0867. The maximum Gasteiger partial charge on any atom is 0.237 e. The molecular weight excluding hydrogens is 212 g/mol. The van der Waals surface area contributed by atoms with Crippen LogP contribution in [0.4, 0.5) is 0 Å². The molecule has 1 rings (SSSR count). The van der Waals surface area contributed by atoms with Crippen LogP contribution in [0.15, 0.2) is 30.3 Å². The number of carbonyl (C=O) groups is 1. The van der Waals surface area contributed by atoms with Crippen LogP contribution in [0.2, 0.25) is 0 Å². The van der Waals surface area contributed by atoms with Crippen LogP contribution in [0.5, 0.6) is 0 Å². The maximum atomic E-state index is 11.3. The summed E-state index contributed by atoms with van der Waals surface area (Å²) in [5, 5.41) is 2.70. The van der Waals surface area contributed by atoms with Crippen molar-refractivity contribution in [1.29, 1.82) is 0 Å². The number of benzene rings is 1. The summed E-state index contributed by atoms with van der Waals surface area (Å²) in [6.07, 6.45) is 0.590. The van der Waals surface area contributed by atoms with Gasteiger partial charge in [-0.25, -0.2) is 0 Å². The van der Waals surface area contributed by atoms with E-state index in [1.54, 1.807) is 0 Å². The molecule has 0 aliphatic rings. The van der Waals surface area contributed by atoms with Gasteiger partial charge in [0.1, 0.15) is 0 Å². The molecule has 1 aromatic carbocycles. The summed E-state index contributed by atoms with van der Waals surface area (Å²) < 4.78 is 0. The Bertz CT molecular complexity index is 290. The third kappa shape index (κ3) is 4.81. The van der Waals surface area contributed by atoms with Gasteiger partial charge in [-0.05, 0) is 18.9 Å². The number of nitrogens with one attached hydrogen (secondary N) is 1. The fourth-order valence-electron chi connectivity index (χ4n) is 1.27. The number of nitrogens with two attached hydrogens (primary N) is 1. The van der Waals surface area contributed by atoms with Crippen LogP contribution in [-0.4, -0.2) is 18.5 Å². The lowest BCUT2D eigenvalue weighted by Gasteiger charge is -2.10. The van der Waals surface area contributed by atoms with Crippen LogP contribution in [-0.2, 0) is 11.2 Å². The second kappa shape index (κ2) is 7.26. The minimum atomic E-state index is -0.447. The zero-order chi connectivity index (χ0) is 10.4. The molecule has 3 N–H and O–H groups in total. The number of carbonyl (C=O) groups excluding carboxylic acids is 1. The van der Waals surface area contributed by atoms with E-state index in [0.717, 1.165) is 5.56 Å². The molecular formula is C11H17ClN2O. The van der Waals surface area contributed by atoms with Gasteiger partial charge in [-0.1, -0.05) is 30.3 Å². The molecule has 0 aliphatic carbocycles. The summed E-state index contributed by atoms with van der Waals surface area (Å²) in [6, 6.07) is 9.33. The Morgan fingerprint density at radius 1 is 1.40 bits per heavy atom. The van der Waals surface area contributed by atoms with Gasteiger partial charge in [0.25, 0.3) is 0 Å². The lowest BCUT2D eigenvalue weighted by atomic mass is 10.1. The predicted octanol–water partition coefficient (Wildman–Crippen LogP) is 1.11. The Balaban J connectivity index is 0.00000196. The fraction of sp³-hybridized carbons (Fsp3) is 0.364. The van der Waals surface area contributed by atoms with Crippen LogP contribution in [0.25, 0.3) is 0 Å². The van der Waals surface area contributed by atoms with E-state index in [9.17, 15) is 4.79 Å². The van der Waals surface area contributed by atoms with E-state index in [0.29, 0.717) is 13.0 Å². The Hall–Kier alpha value is -1.06. The van der Waals surface area contributed by atoms with Crippen molar-refractivity contribution in [1.82, 2.24) is 5.32 Å². The maximum absolute atomic E-state index is 11.3. The average molecular weight is 229 g/mol. The number of hydrogen-bond donors (Lipinski definition) is 2. The van der Waals surface area contributed by atoms with Crippen molar-refractivity contribution in [2.45, 2.75) is 19.4 Å². The largest absolute Gasteiger partial charge is 0.355 e. The number of likely N-dealkylation sites (N-methyl/N-ethyl adjacent to an activating group) is 1. The van der Waals surface area contributed by atoms with Gasteiger partial charge in [-0.2, -0.15) is 0 Å². The molecule has 0 heterocycles. The molecule has 4 heteroatoms. The Labute approximate surface area is 96.5 Å². The molecule has 0 aliphatic heterocycles. The number of amides is 1. The molecule has 0 bridgehead atoms. The van der Waals surface area contributed by atoms with Crippen molar-refractivity contribution in [3.8, 4) is 0 Å². The third-order valence-corrected chi connectivity index (χ3v) is 1.99. The van der Waals surface area contributed by atoms with Crippen molar-refractivity contribution in [2.75, 3.05) is 6.54 Å². The summed E-state index contributed by atoms with van der Waals surface area (Å²) in [7, 11) is 0. The van der Waals surface area contributed by atoms with E-state index < -0.39 is 6.04 Å². The van der Waals surface area contributed by atoms with Gasteiger partial charge in [0.2, 0.25) is 5.91 Å². The molecule has 0 unspecified atom stereocenters. The first kappa shape index (κ1) is 13.9. The van der Waals surface area contributed by atoms with Gasteiger partial charge in [0, 0.05) is 6.54 Å². The highest BCUT2D eigenvalue weighted by molar-refractivity contribution is 5.85. The molecule has 1 aromatic rings. The molecule has 0 radical (unpaired) electrons. The van der Waals surface area contributed by atoms with E-state index in [4.69, 9.17) is 5.73 Å². The van der Waals surface area contributed by atoms with Gasteiger partial charge in [-0.15, -0.1) is 12.4 Å². The summed E-state index contributed by atoms with van der Waals surface area (Å²) in [4.78, 5) is 11.3. The number of rotatable bonds is 4. The van der Waals surface area contributed by atoms with E-state index in [1.165, 1.54) is 0 Å². The molecule has 84 valence electrons. The van der Waals surface area contributed by atoms with Gasteiger partial charge in [0.15, 0.2) is 0 Å². The zero-order valence-corrected chi connectivity index (χ0v) is 9.59. The van der Waals surface area contributed by atoms with E-state index in [2.05, 4.69) is 5.32 Å². The van der Waals surface area contributed by atoms with Gasteiger partial charge in [0.05, 0.1) is 6.04 Å². The standard InChI is InChI=1S/C11H16N2O.ClH/c1-2-13-11(14)10(12)8-9-6-4-3-5-7-9;/h3-7,10H,2,8,12H2,1H3,(H,13,14);1H/t10-;/m0./s1. The van der Waals surface area contributed by atoms with Crippen LogP contribution >= 0.6 is 12.4 Å². The normalized spacial score (nSPS) is 11.3. The van der Waals surface area contributed by atoms with E-state index >= 15 is 0 Å². The highest BCUT2D eigenvalue weighted by Crippen LogP contribution is 2.01. The first-order chi connectivity index (χ1) is 6.74. The molecule has 1 amide bonds. The number of hydrogen-bond acceptors (Lipinski definition) is 2. The zero-order valence-electron chi connectivity index (χ0n) is 8.77. The average Bonchev–Trinajstić information content (AvgIpc) is 2.19. The first-order valence-corrected chi connectivity index (χ1v) is 4.81.